The Labute approximate surface area is 293 Å². The van der Waals surface area contributed by atoms with Crippen molar-refractivity contribution in [3.63, 3.8) is 0 Å². The van der Waals surface area contributed by atoms with Crippen LogP contribution < -0.4 is 32.3 Å². The fraction of sp³-hybridized carbons (Fsp3) is 0.571. The molecule has 0 bridgehead atoms. The first-order valence-corrected chi connectivity index (χ1v) is 17.0. The molecule has 1 heterocycles. The highest BCUT2D eigenvalue weighted by Crippen LogP contribution is 2.17. The standard InChI is InChI=1S/C35H53N7O8/c1-23(2)30(41-27(43)11-7-6-8-21-42-28(44)16-17-29(42)45)32(47)40-26(10-9-19-37-33(36)48)31(46)39-25-14-12-24(13-15-25)22-50-34(49)38-20-18-35(3,4)5/h12-17,23,26,30H,6-11,18-22H2,1-5H3,(H,38,49)(H,39,46)(H,40,47)(H,41,43)(H3,36,37,48)/t26-,30-/m0/s1. The van der Waals surface area contributed by atoms with E-state index in [0.717, 1.165) is 11.3 Å². The van der Waals surface area contributed by atoms with Crippen LogP contribution in [-0.2, 0) is 35.3 Å². The van der Waals surface area contributed by atoms with Crippen LogP contribution in [0.5, 0.6) is 0 Å². The van der Waals surface area contributed by atoms with Gasteiger partial charge in [-0.2, -0.15) is 0 Å². The molecule has 1 aliphatic rings. The molecule has 1 aromatic carbocycles. The molecule has 15 heteroatoms. The van der Waals surface area contributed by atoms with Gasteiger partial charge in [-0.1, -0.05) is 53.2 Å². The number of hydrogen-bond acceptors (Lipinski definition) is 8. The fourth-order valence-corrected chi connectivity index (χ4v) is 4.87. The minimum Gasteiger partial charge on any atom is -0.445 e. The molecule has 0 radical (unpaired) electrons. The average Bonchev–Trinajstić information content (AvgIpc) is 3.35. The maximum absolute atomic E-state index is 13.4. The minimum atomic E-state index is -0.999. The number of benzene rings is 1. The number of anilines is 1. The molecule has 276 valence electrons. The number of primary amides is 1. The predicted octanol–water partition coefficient (Wildman–Crippen LogP) is 2.85. The first kappa shape index (κ1) is 41.2. The van der Waals surface area contributed by atoms with Gasteiger partial charge in [0.05, 0.1) is 0 Å². The van der Waals surface area contributed by atoms with E-state index in [1.54, 1.807) is 38.1 Å². The zero-order valence-corrected chi connectivity index (χ0v) is 29.8. The summed E-state index contributed by atoms with van der Waals surface area (Å²) in [6.45, 7) is 10.8. The third-order valence-electron chi connectivity index (χ3n) is 7.79. The molecule has 0 saturated carbocycles. The van der Waals surface area contributed by atoms with Crippen molar-refractivity contribution in [2.75, 3.05) is 25.0 Å². The summed E-state index contributed by atoms with van der Waals surface area (Å²) in [7, 11) is 0. The van der Waals surface area contributed by atoms with Gasteiger partial charge in [-0.25, -0.2) is 9.59 Å². The Bertz CT molecular complexity index is 1350. The van der Waals surface area contributed by atoms with E-state index < -0.39 is 36.0 Å². The number of urea groups is 1. The van der Waals surface area contributed by atoms with Gasteiger partial charge < -0.3 is 37.1 Å². The van der Waals surface area contributed by atoms with Crippen LogP contribution in [0.15, 0.2) is 36.4 Å². The Morgan fingerprint density at radius 3 is 2.10 bits per heavy atom. The molecular weight excluding hydrogens is 646 g/mol. The van der Waals surface area contributed by atoms with Gasteiger partial charge in [0.25, 0.3) is 11.8 Å². The van der Waals surface area contributed by atoms with Crippen LogP contribution in [0.25, 0.3) is 0 Å². The van der Waals surface area contributed by atoms with Crippen LogP contribution in [0.3, 0.4) is 0 Å². The van der Waals surface area contributed by atoms with Crippen molar-refractivity contribution in [1.29, 1.82) is 0 Å². The van der Waals surface area contributed by atoms with E-state index in [1.165, 1.54) is 12.2 Å². The third kappa shape index (κ3) is 16.0. The van der Waals surface area contributed by atoms with Crippen molar-refractivity contribution >= 4 is 47.3 Å². The summed E-state index contributed by atoms with van der Waals surface area (Å²) >= 11 is 0. The van der Waals surface area contributed by atoms with Crippen molar-refractivity contribution in [2.45, 2.75) is 98.3 Å². The van der Waals surface area contributed by atoms with Gasteiger partial charge in [-0.15, -0.1) is 0 Å². The van der Waals surface area contributed by atoms with Gasteiger partial charge in [0, 0.05) is 43.9 Å². The van der Waals surface area contributed by atoms with Crippen molar-refractivity contribution in [2.24, 2.45) is 17.1 Å². The van der Waals surface area contributed by atoms with Crippen molar-refractivity contribution < 1.29 is 38.3 Å². The summed E-state index contributed by atoms with van der Waals surface area (Å²) in [5.41, 5.74) is 6.39. The summed E-state index contributed by atoms with van der Waals surface area (Å²) in [4.78, 5) is 87.1. The van der Waals surface area contributed by atoms with E-state index in [-0.39, 0.29) is 61.6 Å². The normalized spacial score (nSPS) is 13.8. The second-order valence-electron chi connectivity index (χ2n) is 13.8. The summed E-state index contributed by atoms with van der Waals surface area (Å²) in [5, 5.41) is 13.5. The molecule has 2 atom stereocenters. The zero-order valence-electron chi connectivity index (χ0n) is 29.8. The van der Waals surface area contributed by atoms with Gasteiger partial charge in [0.2, 0.25) is 17.7 Å². The lowest BCUT2D eigenvalue weighted by molar-refractivity contribution is -0.137. The van der Waals surface area contributed by atoms with Crippen LogP contribution >= 0.6 is 0 Å². The van der Waals surface area contributed by atoms with Gasteiger partial charge in [-0.05, 0) is 61.1 Å². The van der Waals surface area contributed by atoms with Crippen LogP contribution in [0.2, 0.25) is 0 Å². The molecule has 50 heavy (non-hydrogen) atoms. The Hall–Kier alpha value is -4.95. The minimum absolute atomic E-state index is 0.0434. The molecule has 0 aromatic heterocycles. The smallest absolute Gasteiger partial charge is 0.407 e. The lowest BCUT2D eigenvalue weighted by atomic mass is 9.92. The second kappa shape index (κ2) is 20.5. The lowest BCUT2D eigenvalue weighted by Gasteiger charge is -2.25. The Balaban J connectivity index is 1.92. The van der Waals surface area contributed by atoms with E-state index >= 15 is 0 Å². The number of imide groups is 1. The highest BCUT2D eigenvalue weighted by atomic mass is 16.5. The van der Waals surface area contributed by atoms with Crippen LogP contribution in [-0.4, -0.2) is 78.3 Å². The number of nitrogens with one attached hydrogen (secondary N) is 5. The van der Waals surface area contributed by atoms with Crippen LogP contribution in [0, 0.1) is 11.3 Å². The molecule has 15 nitrogen and oxygen atoms in total. The SMILES string of the molecule is CC(C)[C@H](NC(=O)CCCCCN1C(=O)C=CC1=O)C(=O)N[C@@H](CCCNC(N)=O)C(=O)Nc1ccc(COC(=O)NCCC(C)(C)C)cc1. The summed E-state index contributed by atoms with van der Waals surface area (Å²) in [5.74, 6) is -2.37. The van der Waals surface area contributed by atoms with Crippen molar-refractivity contribution in [1.82, 2.24) is 26.2 Å². The maximum atomic E-state index is 13.4. The number of unbranched alkanes of at least 4 members (excludes halogenated alkanes) is 2. The molecule has 0 saturated heterocycles. The van der Waals surface area contributed by atoms with Crippen molar-refractivity contribution in [3.05, 3.63) is 42.0 Å². The molecule has 0 aliphatic carbocycles. The van der Waals surface area contributed by atoms with Gasteiger partial charge >= 0.3 is 12.1 Å². The zero-order chi connectivity index (χ0) is 37.3. The number of carbonyl (C=O) groups is 7. The highest BCUT2D eigenvalue weighted by Gasteiger charge is 2.29. The monoisotopic (exact) mass is 699 g/mol. The maximum Gasteiger partial charge on any atom is 0.407 e. The van der Waals surface area contributed by atoms with Crippen LogP contribution in [0.1, 0.15) is 85.1 Å². The molecule has 7 N–H and O–H groups in total. The predicted molar refractivity (Wildman–Crippen MR) is 187 cm³/mol. The molecule has 0 unspecified atom stereocenters. The Morgan fingerprint density at radius 2 is 1.50 bits per heavy atom. The number of hydrogen-bond donors (Lipinski definition) is 6. The average molecular weight is 700 g/mol. The first-order valence-electron chi connectivity index (χ1n) is 17.0. The summed E-state index contributed by atoms with van der Waals surface area (Å²) < 4.78 is 5.27. The molecular formula is C35H53N7O8. The van der Waals surface area contributed by atoms with Gasteiger partial charge in [-0.3, -0.25) is 28.9 Å². The fourth-order valence-electron chi connectivity index (χ4n) is 4.87. The number of nitrogens with zero attached hydrogens (tertiary/aromatic N) is 1. The van der Waals surface area contributed by atoms with E-state index in [4.69, 9.17) is 10.5 Å². The quantitative estimate of drug-likeness (QED) is 0.0876. The molecule has 0 spiro atoms. The Morgan fingerprint density at radius 1 is 0.840 bits per heavy atom. The van der Waals surface area contributed by atoms with Gasteiger partial charge in [0.15, 0.2) is 0 Å². The topological polar surface area (TPSA) is 218 Å². The number of carbonyl (C=O) groups excluding carboxylic acids is 7. The molecule has 8 amide bonds. The first-order chi connectivity index (χ1) is 23.6. The van der Waals surface area contributed by atoms with E-state index in [9.17, 15) is 33.6 Å². The summed E-state index contributed by atoms with van der Waals surface area (Å²) in [6.07, 6.45) is 5.04. The number of amides is 8. The molecule has 2 rings (SSSR count). The van der Waals surface area contributed by atoms with E-state index in [0.29, 0.717) is 43.5 Å². The number of ether oxygens (including phenoxy) is 1. The van der Waals surface area contributed by atoms with Crippen molar-refractivity contribution in [3.8, 4) is 0 Å². The van der Waals surface area contributed by atoms with Gasteiger partial charge in [0.1, 0.15) is 18.7 Å². The number of alkyl carbamates (subject to hydrolysis) is 1. The van der Waals surface area contributed by atoms with Crippen LogP contribution in [0.4, 0.5) is 15.3 Å². The lowest BCUT2D eigenvalue weighted by Crippen LogP contribution is -2.54. The largest absolute Gasteiger partial charge is 0.445 e. The highest BCUT2D eigenvalue weighted by molar-refractivity contribution is 6.12. The number of nitrogens with two attached hydrogens (primary N) is 1. The summed E-state index contributed by atoms with van der Waals surface area (Å²) in [6, 6.07) is 4.08. The number of rotatable bonds is 20. The molecule has 0 fully saturated rings. The van der Waals surface area contributed by atoms with E-state index in [1.807, 2.05) is 0 Å². The third-order valence-corrected chi connectivity index (χ3v) is 7.79. The molecule has 1 aliphatic heterocycles. The second-order valence-corrected chi connectivity index (χ2v) is 13.8. The van der Waals surface area contributed by atoms with E-state index in [2.05, 4.69) is 47.4 Å². The Kier molecular flexibility index (Phi) is 16.9. The molecule has 1 aromatic rings.